The molecule has 1 aliphatic rings. The first-order chi connectivity index (χ1) is 8.18. The quantitative estimate of drug-likeness (QED) is 0.902. The molecule has 2 rings (SSSR count). The minimum absolute atomic E-state index is 0.190. The van der Waals surface area contributed by atoms with Gasteiger partial charge in [-0.2, -0.15) is 0 Å². The molecule has 0 saturated carbocycles. The maximum atomic E-state index is 11.5. The van der Waals surface area contributed by atoms with Gasteiger partial charge in [0.25, 0.3) is 0 Å². The Hall–Kier alpha value is -0.870. The van der Waals surface area contributed by atoms with E-state index in [1.165, 1.54) is 0 Å². The molecule has 1 aromatic carbocycles. The Morgan fingerprint density at radius 3 is 2.94 bits per heavy atom. The number of hydrogen-bond donors (Lipinski definition) is 2. The molecule has 2 N–H and O–H groups in total. The zero-order valence-corrected chi connectivity index (χ0v) is 11.1. The summed E-state index contributed by atoms with van der Waals surface area (Å²) < 4.78 is 0.935. The van der Waals surface area contributed by atoms with E-state index < -0.39 is 11.9 Å². The number of piperidine rings is 1. The van der Waals surface area contributed by atoms with Crippen LogP contribution >= 0.6 is 15.9 Å². The Kier molecular flexibility index (Phi) is 4.18. The first-order valence-electron chi connectivity index (χ1n) is 5.87. The Morgan fingerprint density at radius 2 is 2.35 bits per heavy atom. The third-order valence-electron chi connectivity index (χ3n) is 3.28. The maximum Gasteiger partial charge on any atom is 0.311 e. The normalized spacial score (nSPS) is 22.1. The van der Waals surface area contributed by atoms with Gasteiger partial charge in [-0.25, -0.2) is 0 Å². The molecule has 17 heavy (non-hydrogen) atoms. The molecule has 0 spiro atoms. The Bertz CT molecular complexity index is 402. The van der Waals surface area contributed by atoms with Gasteiger partial charge in [0.15, 0.2) is 0 Å². The fourth-order valence-electron chi connectivity index (χ4n) is 2.48. The van der Waals surface area contributed by atoms with Crippen molar-refractivity contribution in [2.45, 2.75) is 18.8 Å². The second-order valence-corrected chi connectivity index (χ2v) is 5.39. The van der Waals surface area contributed by atoms with E-state index in [0.29, 0.717) is 0 Å². The third kappa shape index (κ3) is 3.07. The number of carboxylic acids is 1. The van der Waals surface area contributed by atoms with E-state index in [1.54, 1.807) is 0 Å². The average Bonchev–Trinajstić information content (AvgIpc) is 2.30. The number of rotatable bonds is 3. The molecule has 0 radical (unpaired) electrons. The lowest BCUT2D eigenvalue weighted by atomic mass is 9.81. The van der Waals surface area contributed by atoms with E-state index in [-0.39, 0.29) is 5.92 Å². The summed E-state index contributed by atoms with van der Waals surface area (Å²) in [5.74, 6) is -0.937. The predicted octanol–water partition coefficient (Wildman–Crippen LogP) is 2.62. The van der Waals surface area contributed by atoms with Crippen molar-refractivity contribution in [3.63, 3.8) is 0 Å². The molecule has 3 nitrogen and oxygen atoms in total. The molecular weight excluding hydrogens is 282 g/mol. The van der Waals surface area contributed by atoms with E-state index in [1.807, 2.05) is 24.3 Å². The zero-order chi connectivity index (χ0) is 12.3. The smallest absolute Gasteiger partial charge is 0.311 e. The number of nitrogens with one attached hydrogen (secondary N) is 1. The summed E-state index contributed by atoms with van der Waals surface area (Å²) in [6, 6.07) is 7.62. The van der Waals surface area contributed by atoms with Crippen molar-refractivity contribution >= 4 is 21.9 Å². The first kappa shape index (κ1) is 12.6. The summed E-state index contributed by atoms with van der Waals surface area (Å²) in [6.45, 7) is 1.80. The van der Waals surface area contributed by atoms with Crippen LogP contribution in [0, 0.1) is 5.92 Å². The highest BCUT2D eigenvalue weighted by Crippen LogP contribution is 2.31. The number of aliphatic carboxylic acids is 1. The van der Waals surface area contributed by atoms with Crippen LogP contribution in [-0.4, -0.2) is 24.2 Å². The lowest BCUT2D eigenvalue weighted by molar-refractivity contribution is -0.140. The molecule has 1 aliphatic heterocycles. The molecule has 4 heteroatoms. The zero-order valence-electron chi connectivity index (χ0n) is 9.53. The van der Waals surface area contributed by atoms with Crippen molar-refractivity contribution < 1.29 is 9.90 Å². The summed E-state index contributed by atoms with van der Waals surface area (Å²) in [5, 5.41) is 12.7. The van der Waals surface area contributed by atoms with Crippen LogP contribution in [0.3, 0.4) is 0 Å². The van der Waals surface area contributed by atoms with Crippen LogP contribution in [0.15, 0.2) is 28.7 Å². The van der Waals surface area contributed by atoms with Crippen LogP contribution in [-0.2, 0) is 4.79 Å². The molecule has 1 fully saturated rings. The summed E-state index contributed by atoms with van der Waals surface area (Å²) in [7, 11) is 0. The van der Waals surface area contributed by atoms with Crippen LogP contribution in [0.4, 0.5) is 0 Å². The van der Waals surface area contributed by atoms with Crippen molar-refractivity contribution in [2.24, 2.45) is 5.92 Å². The second-order valence-electron chi connectivity index (χ2n) is 4.48. The molecule has 2 unspecified atom stereocenters. The van der Waals surface area contributed by atoms with Crippen LogP contribution in [0.25, 0.3) is 0 Å². The minimum Gasteiger partial charge on any atom is -0.481 e. The fourth-order valence-corrected chi connectivity index (χ4v) is 2.90. The van der Waals surface area contributed by atoms with Crippen molar-refractivity contribution in [3.05, 3.63) is 34.3 Å². The van der Waals surface area contributed by atoms with Gasteiger partial charge in [0.2, 0.25) is 0 Å². The Balaban J connectivity index is 2.25. The van der Waals surface area contributed by atoms with Crippen molar-refractivity contribution in [3.8, 4) is 0 Å². The van der Waals surface area contributed by atoms with Gasteiger partial charge in [0.1, 0.15) is 0 Å². The highest BCUT2D eigenvalue weighted by Gasteiger charge is 2.30. The summed E-state index contributed by atoms with van der Waals surface area (Å²) >= 11 is 3.40. The number of hydrogen-bond acceptors (Lipinski definition) is 2. The molecule has 0 amide bonds. The van der Waals surface area contributed by atoms with Crippen molar-refractivity contribution in [1.82, 2.24) is 5.32 Å². The van der Waals surface area contributed by atoms with Gasteiger partial charge >= 0.3 is 5.97 Å². The van der Waals surface area contributed by atoms with Gasteiger partial charge < -0.3 is 10.4 Å². The molecule has 0 aromatic heterocycles. The third-order valence-corrected chi connectivity index (χ3v) is 3.77. The van der Waals surface area contributed by atoms with E-state index in [2.05, 4.69) is 21.2 Å². The SMILES string of the molecule is O=C(O)C(c1cccc(Br)c1)C1CCCNC1. The highest BCUT2D eigenvalue weighted by atomic mass is 79.9. The van der Waals surface area contributed by atoms with Gasteiger partial charge in [0.05, 0.1) is 5.92 Å². The lowest BCUT2D eigenvalue weighted by Gasteiger charge is -2.28. The molecule has 2 atom stereocenters. The molecular formula is C13H16BrNO2. The molecule has 92 valence electrons. The van der Waals surface area contributed by atoms with Gasteiger partial charge in [0, 0.05) is 4.47 Å². The van der Waals surface area contributed by atoms with E-state index >= 15 is 0 Å². The van der Waals surface area contributed by atoms with Gasteiger partial charge in [-0.3, -0.25) is 4.79 Å². The van der Waals surface area contributed by atoms with Crippen molar-refractivity contribution in [2.75, 3.05) is 13.1 Å². The standard InChI is InChI=1S/C13H16BrNO2/c14-11-5-1-3-9(7-11)12(13(16)17)10-4-2-6-15-8-10/h1,3,5,7,10,12,15H,2,4,6,8H2,(H,16,17). The van der Waals surface area contributed by atoms with E-state index in [4.69, 9.17) is 0 Å². The number of benzene rings is 1. The number of carboxylic acid groups (broad SMARTS) is 1. The lowest BCUT2D eigenvalue weighted by Crippen LogP contribution is -2.36. The van der Waals surface area contributed by atoms with Crippen LogP contribution in [0.5, 0.6) is 0 Å². The second kappa shape index (κ2) is 5.65. The molecule has 0 bridgehead atoms. The Morgan fingerprint density at radius 1 is 1.53 bits per heavy atom. The minimum atomic E-state index is -0.725. The predicted molar refractivity (Wildman–Crippen MR) is 70.1 cm³/mol. The van der Waals surface area contributed by atoms with E-state index in [0.717, 1.165) is 36.0 Å². The average molecular weight is 298 g/mol. The largest absolute Gasteiger partial charge is 0.481 e. The summed E-state index contributed by atoms with van der Waals surface area (Å²) in [6.07, 6.45) is 2.04. The molecule has 1 heterocycles. The van der Waals surface area contributed by atoms with Crippen LogP contribution < -0.4 is 5.32 Å². The van der Waals surface area contributed by atoms with E-state index in [9.17, 15) is 9.90 Å². The molecule has 1 aromatic rings. The maximum absolute atomic E-state index is 11.5. The summed E-state index contributed by atoms with van der Waals surface area (Å²) in [5.41, 5.74) is 0.889. The van der Waals surface area contributed by atoms with Crippen LogP contribution in [0.2, 0.25) is 0 Å². The fraction of sp³-hybridized carbons (Fsp3) is 0.462. The van der Waals surface area contributed by atoms with Gasteiger partial charge in [-0.15, -0.1) is 0 Å². The number of halogens is 1. The monoisotopic (exact) mass is 297 g/mol. The molecule has 1 saturated heterocycles. The first-order valence-corrected chi connectivity index (χ1v) is 6.67. The van der Waals surface area contributed by atoms with Crippen molar-refractivity contribution in [1.29, 1.82) is 0 Å². The Labute approximate surface area is 109 Å². The van der Waals surface area contributed by atoms with Gasteiger partial charge in [-0.05, 0) is 49.5 Å². The van der Waals surface area contributed by atoms with Gasteiger partial charge in [-0.1, -0.05) is 28.1 Å². The topological polar surface area (TPSA) is 49.3 Å². The number of carbonyl (C=O) groups is 1. The highest BCUT2D eigenvalue weighted by molar-refractivity contribution is 9.10. The molecule has 0 aliphatic carbocycles. The summed E-state index contributed by atoms with van der Waals surface area (Å²) in [4.78, 5) is 11.5. The van der Waals surface area contributed by atoms with Crippen LogP contribution in [0.1, 0.15) is 24.3 Å².